The van der Waals surface area contributed by atoms with E-state index in [4.69, 9.17) is 5.11 Å². The zero-order valence-corrected chi connectivity index (χ0v) is 6.45. The SMILES string of the molecule is O=[N+]([O-])c1nccc(C(F)(F)F)c1O. The molecule has 0 aliphatic carbocycles. The van der Waals surface area contributed by atoms with Crippen molar-refractivity contribution >= 4 is 5.82 Å². The summed E-state index contributed by atoms with van der Waals surface area (Å²) in [4.78, 5) is 11.9. The molecule has 0 aromatic carbocycles. The van der Waals surface area contributed by atoms with Crippen LogP contribution in [0.25, 0.3) is 0 Å². The Bertz CT molecular complexity index is 377. The van der Waals surface area contributed by atoms with Crippen LogP contribution in [0, 0.1) is 10.1 Å². The van der Waals surface area contributed by atoms with Crippen LogP contribution >= 0.6 is 0 Å². The zero-order chi connectivity index (χ0) is 10.9. The van der Waals surface area contributed by atoms with Gasteiger partial charge in [-0.2, -0.15) is 13.2 Å². The molecule has 0 unspecified atom stereocenters. The lowest BCUT2D eigenvalue weighted by Crippen LogP contribution is -2.07. The third-order valence-corrected chi connectivity index (χ3v) is 1.38. The quantitative estimate of drug-likeness (QED) is 0.563. The highest BCUT2D eigenvalue weighted by Gasteiger charge is 2.37. The van der Waals surface area contributed by atoms with Crippen molar-refractivity contribution in [1.29, 1.82) is 0 Å². The molecular formula is C6H3F3N2O3. The van der Waals surface area contributed by atoms with Gasteiger partial charge in [0.25, 0.3) is 0 Å². The van der Waals surface area contributed by atoms with E-state index >= 15 is 0 Å². The van der Waals surface area contributed by atoms with Crippen LogP contribution in [0.4, 0.5) is 19.0 Å². The highest BCUT2D eigenvalue weighted by molar-refractivity contribution is 5.45. The largest absolute Gasteiger partial charge is 0.501 e. The molecule has 0 saturated heterocycles. The average molecular weight is 208 g/mol. The fourth-order valence-corrected chi connectivity index (χ4v) is 0.805. The second-order valence-corrected chi connectivity index (χ2v) is 2.29. The number of aromatic nitrogens is 1. The predicted molar refractivity (Wildman–Crippen MR) is 37.6 cm³/mol. The molecule has 0 spiro atoms. The summed E-state index contributed by atoms with van der Waals surface area (Å²) in [5.74, 6) is -2.68. The first-order valence-electron chi connectivity index (χ1n) is 3.23. The standard InChI is InChI=1S/C6H3F3N2O3/c7-6(8,9)3-1-2-10-5(4(3)12)11(13)14/h1-2,12H. The van der Waals surface area contributed by atoms with E-state index in [1.54, 1.807) is 0 Å². The van der Waals surface area contributed by atoms with Gasteiger partial charge in [-0.25, -0.2) is 0 Å². The molecule has 8 heteroatoms. The molecule has 0 atom stereocenters. The minimum Gasteiger partial charge on any atom is -0.501 e. The van der Waals surface area contributed by atoms with E-state index < -0.39 is 28.2 Å². The highest BCUT2D eigenvalue weighted by atomic mass is 19.4. The molecule has 1 aromatic heterocycles. The Morgan fingerprint density at radius 2 is 2.07 bits per heavy atom. The maximum absolute atomic E-state index is 12.1. The van der Waals surface area contributed by atoms with E-state index in [9.17, 15) is 23.3 Å². The van der Waals surface area contributed by atoms with E-state index in [1.165, 1.54) is 0 Å². The Labute approximate surface area is 75.0 Å². The lowest BCUT2D eigenvalue weighted by Gasteiger charge is -2.06. The first-order valence-corrected chi connectivity index (χ1v) is 3.23. The second kappa shape index (κ2) is 3.13. The number of aromatic hydroxyl groups is 1. The summed E-state index contributed by atoms with van der Waals surface area (Å²) in [6, 6.07) is 0.461. The molecule has 0 amide bonds. The Kier molecular flexibility index (Phi) is 2.28. The molecule has 0 fully saturated rings. The minimum atomic E-state index is -4.84. The monoisotopic (exact) mass is 208 g/mol. The molecule has 0 aliphatic rings. The third-order valence-electron chi connectivity index (χ3n) is 1.38. The minimum absolute atomic E-state index is 0.461. The molecule has 5 nitrogen and oxygen atoms in total. The van der Waals surface area contributed by atoms with Gasteiger partial charge < -0.3 is 15.2 Å². The average Bonchev–Trinajstić information content (AvgIpc) is 2.01. The topological polar surface area (TPSA) is 76.3 Å². The molecule has 1 aromatic rings. The van der Waals surface area contributed by atoms with Crippen molar-refractivity contribution < 1.29 is 23.2 Å². The molecule has 1 N–H and O–H groups in total. The van der Waals surface area contributed by atoms with Crippen molar-refractivity contribution in [3.8, 4) is 5.75 Å². The van der Waals surface area contributed by atoms with Crippen molar-refractivity contribution in [1.82, 2.24) is 4.98 Å². The third kappa shape index (κ3) is 1.73. The normalized spacial score (nSPS) is 11.4. The van der Waals surface area contributed by atoms with Gasteiger partial charge in [0.15, 0.2) is 0 Å². The van der Waals surface area contributed by atoms with Gasteiger partial charge in [-0.3, -0.25) is 0 Å². The van der Waals surface area contributed by atoms with Gasteiger partial charge in [0, 0.05) is 0 Å². The van der Waals surface area contributed by atoms with E-state index in [0.717, 1.165) is 0 Å². The lowest BCUT2D eigenvalue weighted by atomic mass is 10.2. The Morgan fingerprint density at radius 1 is 1.50 bits per heavy atom. The van der Waals surface area contributed by atoms with Crippen molar-refractivity contribution in [2.24, 2.45) is 0 Å². The van der Waals surface area contributed by atoms with Gasteiger partial charge in [0.05, 0.1) is 0 Å². The molecule has 0 radical (unpaired) electrons. The molecule has 0 saturated carbocycles. The summed E-state index contributed by atoms with van der Waals surface area (Å²) in [7, 11) is 0. The Hall–Kier alpha value is -1.86. The van der Waals surface area contributed by atoms with Crippen LogP contribution in [-0.4, -0.2) is 15.0 Å². The number of rotatable bonds is 1. The van der Waals surface area contributed by atoms with E-state index in [1.807, 2.05) is 0 Å². The van der Waals surface area contributed by atoms with Crippen molar-refractivity contribution in [3.05, 3.63) is 27.9 Å². The number of alkyl halides is 3. The van der Waals surface area contributed by atoms with Crippen molar-refractivity contribution in [2.75, 3.05) is 0 Å². The molecule has 0 aliphatic heterocycles. The van der Waals surface area contributed by atoms with Gasteiger partial charge in [-0.15, -0.1) is 0 Å². The fourth-order valence-electron chi connectivity index (χ4n) is 0.805. The van der Waals surface area contributed by atoms with E-state index in [-0.39, 0.29) is 0 Å². The first kappa shape index (κ1) is 10.2. The zero-order valence-electron chi connectivity index (χ0n) is 6.45. The number of hydrogen-bond acceptors (Lipinski definition) is 4. The van der Waals surface area contributed by atoms with Gasteiger partial charge in [0.2, 0.25) is 5.75 Å². The van der Waals surface area contributed by atoms with E-state index in [2.05, 4.69) is 4.98 Å². The Morgan fingerprint density at radius 3 is 2.50 bits per heavy atom. The summed E-state index contributed by atoms with van der Waals surface area (Å²) in [6.07, 6.45) is -4.22. The number of halogens is 3. The van der Waals surface area contributed by atoms with Crippen LogP contribution in [0.5, 0.6) is 5.75 Å². The number of nitrogens with zero attached hydrogens (tertiary/aromatic N) is 2. The molecule has 1 heterocycles. The number of hydrogen-bond donors (Lipinski definition) is 1. The van der Waals surface area contributed by atoms with E-state index in [0.29, 0.717) is 12.3 Å². The van der Waals surface area contributed by atoms with Gasteiger partial charge in [0.1, 0.15) is 11.8 Å². The summed E-state index contributed by atoms with van der Waals surface area (Å²) < 4.78 is 36.2. The fraction of sp³-hybridized carbons (Fsp3) is 0.167. The van der Waals surface area contributed by atoms with Crippen LogP contribution in [0.2, 0.25) is 0 Å². The number of nitro groups is 1. The maximum atomic E-state index is 12.1. The number of pyridine rings is 1. The maximum Gasteiger partial charge on any atom is 0.420 e. The predicted octanol–water partition coefficient (Wildman–Crippen LogP) is 1.71. The van der Waals surface area contributed by atoms with Crippen LogP contribution < -0.4 is 0 Å². The summed E-state index contributed by atoms with van der Waals surface area (Å²) >= 11 is 0. The molecule has 76 valence electrons. The Balaban J connectivity index is 3.35. The van der Waals surface area contributed by atoms with Gasteiger partial charge in [-0.05, 0) is 16.0 Å². The molecular weight excluding hydrogens is 205 g/mol. The van der Waals surface area contributed by atoms with Crippen LogP contribution in [0.3, 0.4) is 0 Å². The van der Waals surface area contributed by atoms with Gasteiger partial charge >= 0.3 is 12.0 Å². The van der Waals surface area contributed by atoms with Crippen molar-refractivity contribution in [2.45, 2.75) is 6.18 Å². The summed E-state index contributed by atoms with van der Waals surface area (Å²) in [5.41, 5.74) is -1.47. The lowest BCUT2D eigenvalue weighted by molar-refractivity contribution is -0.390. The molecule has 0 bridgehead atoms. The smallest absolute Gasteiger partial charge is 0.420 e. The molecule has 1 rings (SSSR count). The van der Waals surface area contributed by atoms with Crippen molar-refractivity contribution in [3.63, 3.8) is 0 Å². The summed E-state index contributed by atoms with van der Waals surface area (Å²) in [5, 5.41) is 19.0. The summed E-state index contributed by atoms with van der Waals surface area (Å²) in [6.45, 7) is 0. The first-order chi connectivity index (χ1) is 6.34. The molecule has 14 heavy (non-hydrogen) atoms. The van der Waals surface area contributed by atoms with Gasteiger partial charge in [-0.1, -0.05) is 0 Å². The van der Waals surface area contributed by atoms with Crippen LogP contribution in [0.15, 0.2) is 12.3 Å². The second-order valence-electron chi connectivity index (χ2n) is 2.29. The highest BCUT2D eigenvalue weighted by Crippen LogP contribution is 2.38. The van der Waals surface area contributed by atoms with Crippen LogP contribution in [0.1, 0.15) is 5.56 Å². The van der Waals surface area contributed by atoms with Crippen LogP contribution in [-0.2, 0) is 6.18 Å².